The van der Waals surface area contributed by atoms with Crippen LogP contribution in [0.3, 0.4) is 0 Å². The van der Waals surface area contributed by atoms with Crippen LogP contribution < -0.4 is 5.32 Å². The average Bonchev–Trinajstić information content (AvgIpc) is 3.60. The molecule has 6 aliphatic rings. The van der Waals surface area contributed by atoms with Crippen LogP contribution >= 0.6 is 0 Å². The second-order valence-corrected chi connectivity index (χ2v) is 23.6. The Morgan fingerprint density at radius 2 is 1.28 bits per heavy atom. The molecule has 3 saturated carbocycles. The van der Waals surface area contributed by atoms with Crippen molar-refractivity contribution in [2.24, 2.45) is 34.0 Å². The molecular weight excluding hydrogens is 951 g/mol. The van der Waals surface area contributed by atoms with E-state index in [9.17, 15) is 76.3 Å². The fraction of sp³-hybridized carbons (Fsp3) is 0.940. The Kier molecular flexibility index (Phi) is 18.9. The number of carbonyl (C=O) groups is 1. The number of aliphatic hydroxyl groups is 14. The largest absolute Gasteiger partial charge is 0.394 e. The Hall–Kier alpha value is -1.59. The van der Waals surface area contributed by atoms with E-state index in [0.717, 1.165) is 12.5 Å². The van der Waals surface area contributed by atoms with Crippen LogP contribution in [0.2, 0.25) is 0 Å². The van der Waals surface area contributed by atoms with Gasteiger partial charge in [0.2, 0.25) is 5.91 Å². The van der Waals surface area contributed by atoms with Crippen LogP contribution in [0.25, 0.3) is 0 Å². The summed E-state index contributed by atoms with van der Waals surface area (Å²) >= 11 is 0. The number of rotatable bonds is 18. The number of carbonyl (C=O) groups excluding carboxylic acids is 1. The number of fused-ring (bicyclic) bond motifs is 3. The summed E-state index contributed by atoms with van der Waals surface area (Å²) in [6.07, 6.45) is -20.9. The Bertz CT molecular complexity index is 1840. The van der Waals surface area contributed by atoms with Gasteiger partial charge in [-0.3, -0.25) is 4.79 Å². The molecule has 15 N–H and O–H groups in total. The first-order chi connectivity index (χ1) is 33.4. The van der Waals surface area contributed by atoms with Crippen molar-refractivity contribution in [2.75, 3.05) is 19.8 Å². The van der Waals surface area contributed by atoms with E-state index in [0.29, 0.717) is 44.9 Å². The van der Waals surface area contributed by atoms with E-state index < -0.39 is 170 Å². The smallest absolute Gasteiger partial charge is 0.217 e. The van der Waals surface area contributed by atoms with E-state index in [1.165, 1.54) is 13.8 Å². The maximum absolute atomic E-state index is 12.2. The summed E-state index contributed by atoms with van der Waals surface area (Å²) in [4.78, 5) is 12.2. The van der Waals surface area contributed by atoms with E-state index in [1.807, 2.05) is 6.08 Å². The molecule has 0 unspecified atom stereocenters. The van der Waals surface area contributed by atoms with Crippen molar-refractivity contribution in [3.63, 3.8) is 0 Å². The molecule has 3 saturated heterocycles. The fourth-order valence-electron chi connectivity index (χ4n) is 14.1. The highest BCUT2D eigenvalue weighted by Crippen LogP contribution is 2.71. The quantitative estimate of drug-likeness (QED) is 0.0501. The van der Waals surface area contributed by atoms with Crippen molar-refractivity contribution in [1.82, 2.24) is 5.32 Å². The monoisotopic (exact) mass is 1040 g/mol. The van der Waals surface area contributed by atoms with Crippen LogP contribution in [0.4, 0.5) is 0 Å². The van der Waals surface area contributed by atoms with Gasteiger partial charge in [0.15, 0.2) is 18.9 Å². The van der Waals surface area contributed by atoms with E-state index in [4.69, 9.17) is 28.4 Å². The normalized spacial score (nSPS) is 47.1. The van der Waals surface area contributed by atoms with Crippen molar-refractivity contribution < 1.29 is 105 Å². The number of ether oxygens (including phenoxy) is 6. The Balaban J connectivity index is 1.20. The van der Waals surface area contributed by atoms with Crippen LogP contribution in [-0.4, -0.2) is 225 Å². The predicted molar refractivity (Wildman–Crippen MR) is 252 cm³/mol. The maximum Gasteiger partial charge on any atom is 0.217 e. The third-order valence-corrected chi connectivity index (χ3v) is 18.0. The molecule has 22 nitrogen and oxygen atoms in total. The van der Waals surface area contributed by atoms with E-state index in [2.05, 4.69) is 33.0 Å². The van der Waals surface area contributed by atoms with Crippen molar-refractivity contribution in [1.29, 1.82) is 0 Å². The number of allylic oxidation sites excluding steroid dienone is 1. The summed E-state index contributed by atoms with van der Waals surface area (Å²) in [5.41, 5.74) is -3.87. The zero-order valence-corrected chi connectivity index (χ0v) is 43.2. The minimum absolute atomic E-state index is 0.00409. The molecule has 0 aromatic rings. The lowest BCUT2D eigenvalue weighted by Gasteiger charge is -2.64. The number of hydrogen-bond donors (Lipinski definition) is 15. The Morgan fingerprint density at radius 3 is 1.86 bits per heavy atom. The van der Waals surface area contributed by atoms with Crippen LogP contribution in [0.5, 0.6) is 0 Å². The molecule has 6 rings (SSSR count). The third-order valence-electron chi connectivity index (χ3n) is 18.0. The van der Waals surface area contributed by atoms with Crippen molar-refractivity contribution >= 4 is 5.91 Å². The summed E-state index contributed by atoms with van der Waals surface area (Å²) in [5.74, 6) is -1.13. The molecule has 0 spiro atoms. The van der Waals surface area contributed by atoms with E-state index in [-0.39, 0.29) is 23.7 Å². The summed E-state index contributed by atoms with van der Waals surface area (Å²) in [6, 6.07) is -1.45. The van der Waals surface area contributed by atoms with Crippen molar-refractivity contribution in [2.45, 2.75) is 241 Å². The molecule has 6 fully saturated rings. The maximum atomic E-state index is 12.2. The minimum atomic E-state index is -1.88. The fourth-order valence-corrected chi connectivity index (χ4v) is 14.1. The Morgan fingerprint density at radius 1 is 0.736 bits per heavy atom. The van der Waals surface area contributed by atoms with Gasteiger partial charge < -0.3 is 105 Å². The van der Waals surface area contributed by atoms with Crippen molar-refractivity contribution in [3.05, 3.63) is 11.6 Å². The van der Waals surface area contributed by atoms with Crippen molar-refractivity contribution in [3.8, 4) is 0 Å². The van der Waals surface area contributed by atoms with Crippen LogP contribution in [0, 0.1) is 34.0 Å². The molecule has 0 aromatic carbocycles. The second-order valence-electron chi connectivity index (χ2n) is 23.6. The molecular formula is C50H87NO21. The van der Waals surface area contributed by atoms with Crippen LogP contribution in [0.1, 0.15) is 114 Å². The molecule has 1 amide bonds. The summed E-state index contributed by atoms with van der Waals surface area (Å²) in [7, 11) is 0. The first-order valence-electron chi connectivity index (χ1n) is 25.7. The number of nitrogens with one attached hydrogen (secondary N) is 1. The van der Waals surface area contributed by atoms with E-state index >= 15 is 0 Å². The van der Waals surface area contributed by atoms with Gasteiger partial charge in [0.1, 0.15) is 78.8 Å². The average molecular weight is 1040 g/mol. The van der Waals surface area contributed by atoms with Gasteiger partial charge in [-0.15, -0.1) is 0 Å². The molecule has 418 valence electrons. The molecule has 3 aliphatic heterocycles. The molecule has 0 aromatic heterocycles. The van der Waals surface area contributed by atoms with Crippen LogP contribution in [-0.2, 0) is 33.2 Å². The van der Waals surface area contributed by atoms with Gasteiger partial charge in [0.05, 0.1) is 49.8 Å². The highest BCUT2D eigenvalue weighted by atomic mass is 16.8. The second kappa shape index (κ2) is 22.8. The first-order valence-corrected chi connectivity index (χ1v) is 25.7. The molecule has 26 atom stereocenters. The van der Waals surface area contributed by atoms with Gasteiger partial charge in [-0.05, 0) is 107 Å². The van der Waals surface area contributed by atoms with Gasteiger partial charge in [-0.25, -0.2) is 0 Å². The lowest BCUT2D eigenvalue weighted by molar-refractivity contribution is -0.392. The first kappa shape index (κ1) is 59.7. The number of aliphatic hydroxyl groups excluding tert-OH is 12. The topological polar surface area (TPSA) is 368 Å². The van der Waals surface area contributed by atoms with Gasteiger partial charge in [0, 0.05) is 12.8 Å². The predicted octanol–water partition coefficient (Wildman–Crippen LogP) is -2.44. The molecule has 22 heteroatoms. The lowest BCUT2D eigenvalue weighted by atomic mass is 9.42. The van der Waals surface area contributed by atoms with E-state index in [1.54, 1.807) is 13.8 Å². The van der Waals surface area contributed by atoms with Gasteiger partial charge in [-0.2, -0.15) is 0 Å². The van der Waals surface area contributed by atoms with Gasteiger partial charge in [0.25, 0.3) is 0 Å². The molecule has 0 radical (unpaired) electrons. The molecule has 72 heavy (non-hydrogen) atoms. The standard InChI is InChI=1S/C50H87NO21/c1-22(17-26(57)42(64)50(9,66)21-54)11-10-14-49(8,65)41-25(56)18-30-47(6)16-13-31(46(4,5)29(47)12-15-48(30,41)7)70-45-40(38(63)35(60)28(20-53)69-45)72-44-39(37(62)33(58)23(2)67-44)71-43-32(51-24(3)55)36(61)34(59)27(19-52)68-43/h11,23,25-45,52-54,56-66H,10,12-21H2,1-9H3,(H,51,55)/b22-11+/t23-,25+,26-,27+,28+,29-,30+,31-,32+,33-,34+,35+,36+,37+,38-,39+,40+,41+,42+,43-,44-,45-,47-,48+,49+,50-/m0/s1. The SMILES string of the molecule is CC(=O)N[C@H]1[C@H](O[C@H]2[C@H](O[C@H]3[C@H](O[C@H]4CC[C@]5(C)[C@H]6C[C@@H](O)[C@@H]([C@](C)(O)CC/C=C(\C)C[C@H](O)[C@@H](O)[C@@](C)(O)CO)[C@]6(C)CC[C@H]5C4(C)C)O[C@H](CO)[C@@H](O)[C@@H]3O)O[C@@H](C)[C@H](O)[C@H]2O)O[C@H](CO)[C@@H](O)[C@@H]1O. The summed E-state index contributed by atoms with van der Waals surface area (Å²) in [6.45, 7) is 13.7. The summed E-state index contributed by atoms with van der Waals surface area (Å²) < 4.78 is 37.2. The Labute approximate surface area is 421 Å². The van der Waals surface area contributed by atoms with Crippen LogP contribution in [0.15, 0.2) is 11.6 Å². The number of amides is 1. The van der Waals surface area contributed by atoms with Gasteiger partial charge in [-0.1, -0.05) is 39.3 Å². The van der Waals surface area contributed by atoms with Gasteiger partial charge >= 0.3 is 0 Å². The summed E-state index contributed by atoms with van der Waals surface area (Å²) in [5, 5.41) is 154. The third kappa shape index (κ3) is 11.5. The number of hydrogen-bond acceptors (Lipinski definition) is 21. The highest BCUT2D eigenvalue weighted by Gasteiger charge is 2.68. The molecule has 3 aliphatic carbocycles. The molecule has 3 heterocycles. The lowest BCUT2D eigenvalue weighted by Crippen LogP contribution is -2.68. The zero-order valence-electron chi connectivity index (χ0n) is 43.2. The zero-order chi connectivity index (χ0) is 53.8. The highest BCUT2D eigenvalue weighted by molar-refractivity contribution is 5.73. The minimum Gasteiger partial charge on any atom is -0.394 e. The molecule has 0 bridgehead atoms.